The second kappa shape index (κ2) is 7.43. The smallest absolute Gasteiger partial charge is 0.317 e. The second-order valence-electron chi connectivity index (χ2n) is 5.99. The highest BCUT2D eigenvalue weighted by Crippen LogP contribution is 2.36. The van der Waals surface area contributed by atoms with Crippen molar-refractivity contribution in [3.63, 3.8) is 0 Å². The van der Waals surface area contributed by atoms with E-state index in [1.807, 2.05) is 6.07 Å². The average Bonchev–Trinajstić information content (AvgIpc) is 3.37. The first-order valence-electron chi connectivity index (χ1n) is 8.46. The number of aromatic nitrogens is 2. The summed E-state index contributed by atoms with van der Waals surface area (Å²) in [6.07, 6.45) is 1.77. The van der Waals surface area contributed by atoms with Gasteiger partial charge in [-0.1, -0.05) is 0 Å². The number of amides is 2. The zero-order chi connectivity index (χ0) is 17.9. The lowest BCUT2D eigenvalue weighted by molar-refractivity contribution is 0.219. The van der Waals surface area contributed by atoms with Gasteiger partial charge in [0.15, 0.2) is 0 Å². The van der Waals surface area contributed by atoms with E-state index >= 15 is 0 Å². The fraction of sp³-hybridized carbons (Fsp3) is 0.278. The zero-order valence-electron chi connectivity index (χ0n) is 14.4. The molecule has 0 aromatic carbocycles. The maximum atomic E-state index is 11.5. The lowest BCUT2D eigenvalue weighted by Crippen LogP contribution is -2.32. The molecular formula is C18H19N5OS2. The van der Waals surface area contributed by atoms with Crippen LogP contribution in [-0.4, -0.2) is 47.1 Å². The van der Waals surface area contributed by atoms with Crippen molar-refractivity contribution < 1.29 is 4.79 Å². The van der Waals surface area contributed by atoms with Gasteiger partial charge in [-0.2, -0.15) is 0 Å². The number of hydrogen-bond donors (Lipinski definition) is 2. The third-order valence-electron chi connectivity index (χ3n) is 4.11. The quantitative estimate of drug-likeness (QED) is 0.679. The van der Waals surface area contributed by atoms with E-state index < -0.39 is 0 Å². The normalized spacial score (nSPS) is 13.9. The van der Waals surface area contributed by atoms with Gasteiger partial charge in [0.05, 0.1) is 10.6 Å². The molecule has 0 spiro atoms. The van der Waals surface area contributed by atoms with Gasteiger partial charge in [0.25, 0.3) is 0 Å². The molecule has 1 aliphatic rings. The Bertz CT molecular complexity index is 920. The Balaban J connectivity index is 1.42. The molecule has 1 saturated heterocycles. The monoisotopic (exact) mass is 385 g/mol. The third kappa shape index (κ3) is 3.71. The molecular weight excluding hydrogens is 366 g/mol. The molecule has 0 bridgehead atoms. The number of nitrogens with zero attached hydrogens (tertiary/aromatic N) is 3. The molecule has 0 saturated carbocycles. The highest BCUT2D eigenvalue weighted by atomic mass is 32.1. The molecule has 0 radical (unpaired) electrons. The van der Waals surface area contributed by atoms with Crippen LogP contribution in [0.2, 0.25) is 0 Å². The molecule has 4 rings (SSSR count). The highest BCUT2D eigenvalue weighted by molar-refractivity contribution is 7.23. The maximum absolute atomic E-state index is 11.5. The van der Waals surface area contributed by atoms with Gasteiger partial charge in [0, 0.05) is 47.0 Å². The van der Waals surface area contributed by atoms with Crippen molar-refractivity contribution >= 4 is 34.7 Å². The van der Waals surface area contributed by atoms with Crippen LogP contribution in [0.5, 0.6) is 0 Å². The first-order valence-corrected chi connectivity index (χ1v) is 10.1. The summed E-state index contributed by atoms with van der Waals surface area (Å²) < 4.78 is 0. The van der Waals surface area contributed by atoms with Crippen molar-refractivity contribution in [1.29, 1.82) is 0 Å². The molecule has 1 fully saturated rings. The molecule has 134 valence electrons. The topological polar surface area (TPSA) is 70.2 Å². The van der Waals surface area contributed by atoms with E-state index in [0.717, 1.165) is 23.7 Å². The van der Waals surface area contributed by atoms with Gasteiger partial charge >= 0.3 is 6.03 Å². The largest absolute Gasteiger partial charge is 0.352 e. The minimum Gasteiger partial charge on any atom is -0.352 e. The van der Waals surface area contributed by atoms with E-state index in [1.165, 1.54) is 14.6 Å². The van der Waals surface area contributed by atoms with Crippen LogP contribution < -0.4 is 10.6 Å². The van der Waals surface area contributed by atoms with Crippen molar-refractivity contribution in [3.8, 4) is 20.3 Å². The van der Waals surface area contributed by atoms with Gasteiger partial charge in [-0.25, -0.2) is 14.8 Å². The standard InChI is InChI=1S/C18H19N5OS2/c1-12-2-3-15(25-12)16-5-4-14(26-16)13-6-7-19-17(22-13)20-8-10-23-11-9-21-18(23)24/h2-7H,8-11H2,1H3,(H,21,24)(H,19,20,22). The molecule has 4 heterocycles. The van der Waals surface area contributed by atoms with Gasteiger partial charge in [0.1, 0.15) is 0 Å². The molecule has 6 nitrogen and oxygen atoms in total. The summed E-state index contributed by atoms with van der Waals surface area (Å²) in [4.78, 5) is 27.2. The van der Waals surface area contributed by atoms with Crippen LogP contribution in [0.15, 0.2) is 36.5 Å². The van der Waals surface area contributed by atoms with E-state index in [-0.39, 0.29) is 6.03 Å². The van der Waals surface area contributed by atoms with Crippen LogP contribution in [0.1, 0.15) is 4.88 Å². The Morgan fingerprint density at radius 1 is 1.15 bits per heavy atom. The van der Waals surface area contributed by atoms with Crippen LogP contribution in [0, 0.1) is 6.92 Å². The summed E-state index contributed by atoms with van der Waals surface area (Å²) in [6.45, 7) is 4.86. The predicted molar refractivity (Wildman–Crippen MR) is 107 cm³/mol. The van der Waals surface area contributed by atoms with Crippen LogP contribution in [0.3, 0.4) is 0 Å². The summed E-state index contributed by atoms with van der Waals surface area (Å²) in [5, 5.41) is 6.00. The van der Waals surface area contributed by atoms with Crippen molar-refractivity contribution in [3.05, 3.63) is 41.4 Å². The molecule has 0 unspecified atom stereocenters. The van der Waals surface area contributed by atoms with Crippen molar-refractivity contribution in [1.82, 2.24) is 20.2 Å². The molecule has 8 heteroatoms. The average molecular weight is 386 g/mol. The van der Waals surface area contributed by atoms with Crippen molar-refractivity contribution in [2.75, 3.05) is 31.5 Å². The number of nitrogens with one attached hydrogen (secondary N) is 2. The second-order valence-corrected chi connectivity index (χ2v) is 8.36. The number of urea groups is 1. The van der Waals surface area contributed by atoms with Crippen molar-refractivity contribution in [2.45, 2.75) is 6.92 Å². The van der Waals surface area contributed by atoms with E-state index in [2.05, 4.69) is 51.8 Å². The van der Waals surface area contributed by atoms with E-state index in [1.54, 1.807) is 33.8 Å². The minimum atomic E-state index is -0.00334. The molecule has 3 aromatic rings. The third-order valence-corrected chi connectivity index (χ3v) is 6.41. The summed E-state index contributed by atoms with van der Waals surface area (Å²) in [7, 11) is 0. The lowest BCUT2D eigenvalue weighted by atomic mass is 10.3. The lowest BCUT2D eigenvalue weighted by Gasteiger charge is -2.14. The number of hydrogen-bond acceptors (Lipinski definition) is 6. The molecule has 0 aliphatic carbocycles. The van der Waals surface area contributed by atoms with Crippen LogP contribution >= 0.6 is 22.7 Å². The number of aryl methyl sites for hydroxylation is 1. The van der Waals surface area contributed by atoms with Crippen LogP contribution in [-0.2, 0) is 0 Å². The fourth-order valence-corrected chi connectivity index (χ4v) is 4.72. The molecule has 3 aromatic heterocycles. The number of carbonyl (C=O) groups is 1. The SMILES string of the molecule is Cc1ccc(-c2ccc(-c3ccnc(NCCN4CCNC4=O)n3)s2)s1. The summed E-state index contributed by atoms with van der Waals surface area (Å²) in [5.74, 6) is 0.587. The van der Waals surface area contributed by atoms with Crippen LogP contribution in [0.4, 0.5) is 10.7 Å². The van der Waals surface area contributed by atoms with Gasteiger partial charge in [-0.15, -0.1) is 22.7 Å². The van der Waals surface area contributed by atoms with Crippen LogP contribution in [0.25, 0.3) is 20.3 Å². The van der Waals surface area contributed by atoms with Gasteiger partial charge in [-0.3, -0.25) is 0 Å². The van der Waals surface area contributed by atoms with Gasteiger partial charge in [-0.05, 0) is 37.3 Å². The molecule has 2 N–H and O–H groups in total. The number of thiophene rings is 2. The number of rotatable bonds is 6. The maximum Gasteiger partial charge on any atom is 0.317 e. The Labute approximate surface area is 159 Å². The predicted octanol–water partition coefficient (Wildman–Crippen LogP) is 3.68. The summed E-state index contributed by atoms with van der Waals surface area (Å²) in [6, 6.07) is 10.5. The minimum absolute atomic E-state index is 0.00334. The number of carbonyl (C=O) groups excluding carboxylic acids is 1. The Morgan fingerprint density at radius 2 is 1.96 bits per heavy atom. The molecule has 2 amide bonds. The first-order chi connectivity index (χ1) is 12.7. The number of anilines is 1. The van der Waals surface area contributed by atoms with Crippen molar-refractivity contribution in [2.24, 2.45) is 0 Å². The fourth-order valence-electron chi connectivity index (χ4n) is 2.78. The highest BCUT2D eigenvalue weighted by Gasteiger charge is 2.18. The Hall–Kier alpha value is -2.45. The Kier molecular flexibility index (Phi) is 4.85. The van der Waals surface area contributed by atoms with E-state index in [9.17, 15) is 4.79 Å². The van der Waals surface area contributed by atoms with Gasteiger partial charge < -0.3 is 15.5 Å². The first kappa shape index (κ1) is 17.0. The zero-order valence-corrected chi connectivity index (χ0v) is 16.0. The molecule has 26 heavy (non-hydrogen) atoms. The van der Waals surface area contributed by atoms with Gasteiger partial charge in [0.2, 0.25) is 5.95 Å². The van der Waals surface area contributed by atoms with E-state index in [0.29, 0.717) is 19.0 Å². The summed E-state index contributed by atoms with van der Waals surface area (Å²) >= 11 is 3.54. The summed E-state index contributed by atoms with van der Waals surface area (Å²) in [5.41, 5.74) is 0.908. The van der Waals surface area contributed by atoms with E-state index in [4.69, 9.17) is 0 Å². The Morgan fingerprint density at radius 3 is 2.73 bits per heavy atom. The molecule has 1 aliphatic heterocycles. The molecule has 0 atom stereocenters.